The summed E-state index contributed by atoms with van der Waals surface area (Å²) in [7, 11) is 0. The predicted molar refractivity (Wildman–Crippen MR) is 165 cm³/mol. The summed E-state index contributed by atoms with van der Waals surface area (Å²) < 4.78 is 0. The molecule has 0 aromatic rings. The molecule has 0 spiro atoms. The van der Waals surface area contributed by atoms with E-state index in [4.69, 9.17) is 11.3 Å². The molecular formula is C34H51N3O6. The lowest BCUT2D eigenvalue weighted by Gasteiger charge is -2.58. The van der Waals surface area contributed by atoms with Gasteiger partial charge >= 0.3 is 5.97 Å². The fourth-order valence-electron chi connectivity index (χ4n) is 8.75. The topological polar surface area (TPSA) is 137 Å². The minimum Gasteiger partial charge on any atom is -0.480 e. The molecule has 4 aliphatic rings. The number of rotatable bonds is 10. The molecule has 4 N–H and O–H groups in total. The van der Waals surface area contributed by atoms with Crippen molar-refractivity contribution in [1.82, 2.24) is 10.6 Å². The Labute approximate surface area is 256 Å². The van der Waals surface area contributed by atoms with E-state index in [1.807, 2.05) is 6.92 Å². The second-order valence-electron chi connectivity index (χ2n) is 14.4. The maximum absolute atomic E-state index is 12.9. The Bertz CT molecular complexity index is 1200. The van der Waals surface area contributed by atoms with Gasteiger partial charge in [-0.25, -0.2) is 4.79 Å². The number of oxime groups is 1. The van der Waals surface area contributed by atoms with Crippen LogP contribution in [-0.4, -0.2) is 58.0 Å². The van der Waals surface area contributed by atoms with Crippen LogP contribution in [0.2, 0.25) is 0 Å². The number of allylic oxidation sites excluding steroid dienone is 2. The molecule has 2 amide bonds. The second-order valence-corrected chi connectivity index (χ2v) is 14.4. The summed E-state index contributed by atoms with van der Waals surface area (Å²) in [6, 6.07) is -1.92. The van der Waals surface area contributed by atoms with Gasteiger partial charge in [0.15, 0.2) is 6.61 Å². The zero-order valence-electron chi connectivity index (χ0n) is 26.7. The molecule has 0 bridgehead atoms. The zero-order valence-corrected chi connectivity index (χ0v) is 26.7. The zero-order chi connectivity index (χ0) is 31.7. The number of aliphatic carboxylic acids is 1. The van der Waals surface area contributed by atoms with Crippen LogP contribution in [0.15, 0.2) is 16.8 Å². The average Bonchev–Trinajstić information content (AvgIpc) is 3.24. The van der Waals surface area contributed by atoms with Crippen LogP contribution < -0.4 is 10.6 Å². The summed E-state index contributed by atoms with van der Waals surface area (Å²) >= 11 is 0. The highest BCUT2D eigenvalue weighted by molar-refractivity contribution is 5.96. The minimum absolute atomic E-state index is 0.0818. The smallest absolute Gasteiger partial charge is 0.326 e. The van der Waals surface area contributed by atoms with Gasteiger partial charge in [-0.1, -0.05) is 64.6 Å². The molecule has 3 fully saturated rings. The van der Waals surface area contributed by atoms with E-state index < -0.39 is 35.5 Å². The predicted octanol–water partition coefficient (Wildman–Crippen LogP) is 4.44. The molecular weight excluding hydrogens is 546 g/mol. The maximum atomic E-state index is 12.9. The minimum atomic E-state index is -1.10. The number of amides is 2. The van der Waals surface area contributed by atoms with Crippen LogP contribution in [0, 0.1) is 52.8 Å². The Balaban J connectivity index is 1.35. The van der Waals surface area contributed by atoms with E-state index in [-0.39, 0.29) is 29.3 Å². The first kappa shape index (κ1) is 33.0. The number of carboxylic acid groups (broad SMARTS) is 1. The van der Waals surface area contributed by atoms with Gasteiger partial charge in [0.2, 0.25) is 5.91 Å². The van der Waals surface area contributed by atoms with E-state index in [2.05, 4.69) is 41.6 Å². The average molecular weight is 598 g/mol. The fourth-order valence-corrected chi connectivity index (χ4v) is 8.75. The number of nitrogens with one attached hydrogen (secondary N) is 2. The van der Waals surface area contributed by atoms with E-state index in [1.165, 1.54) is 5.57 Å². The molecule has 0 saturated heterocycles. The first-order valence-electron chi connectivity index (χ1n) is 16.1. The quantitative estimate of drug-likeness (QED) is 0.217. The third kappa shape index (κ3) is 6.09. The van der Waals surface area contributed by atoms with E-state index in [9.17, 15) is 24.6 Å². The van der Waals surface area contributed by atoms with Gasteiger partial charge in [0.25, 0.3) is 5.91 Å². The van der Waals surface area contributed by atoms with Crippen molar-refractivity contribution in [3.63, 3.8) is 0 Å². The fraction of sp³-hybridized carbons (Fsp3) is 0.765. The van der Waals surface area contributed by atoms with E-state index in [1.54, 1.807) is 20.8 Å². The van der Waals surface area contributed by atoms with Gasteiger partial charge in [-0.3, -0.25) is 9.59 Å². The molecule has 9 heteroatoms. The van der Waals surface area contributed by atoms with Crippen LogP contribution in [0.4, 0.5) is 0 Å². The summed E-state index contributed by atoms with van der Waals surface area (Å²) in [6.07, 6.45) is 16.1. The summed E-state index contributed by atoms with van der Waals surface area (Å²) in [5.41, 5.74) is 1.09. The molecule has 9 nitrogen and oxygen atoms in total. The molecule has 0 heterocycles. The van der Waals surface area contributed by atoms with Crippen molar-refractivity contribution in [1.29, 1.82) is 0 Å². The lowest BCUT2D eigenvalue weighted by molar-refractivity contribution is -0.144. The Morgan fingerprint density at radius 1 is 1.07 bits per heavy atom. The van der Waals surface area contributed by atoms with Gasteiger partial charge in [0, 0.05) is 5.41 Å². The summed E-state index contributed by atoms with van der Waals surface area (Å²) in [6.45, 7) is 11.5. The highest BCUT2D eigenvalue weighted by atomic mass is 16.6. The van der Waals surface area contributed by atoms with Crippen molar-refractivity contribution in [2.75, 3.05) is 6.61 Å². The molecule has 4 rings (SSSR count). The summed E-state index contributed by atoms with van der Waals surface area (Å²) in [5, 5.41) is 30.3. The first-order valence-corrected chi connectivity index (χ1v) is 16.1. The third-order valence-corrected chi connectivity index (χ3v) is 11.8. The monoisotopic (exact) mass is 597 g/mol. The molecule has 0 aromatic carbocycles. The third-order valence-electron chi connectivity index (χ3n) is 11.8. The number of carbonyl (C=O) groups is 3. The van der Waals surface area contributed by atoms with Gasteiger partial charge in [-0.15, -0.1) is 6.42 Å². The number of hydrogen-bond donors (Lipinski definition) is 4. The molecule has 0 aliphatic heterocycles. The van der Waals surface area contributed by atoms with Crippen LogP contribution in [-0.2, 0) is 19.2 Å². The molecule has 43 heavy (non-hydrogen) atoms. The van der Waals surface area contributed by atoms with Gasteiger partial charge < -0.3 is 25.7 Å². The highest BCUT2D eigenvalue weighted by Crippen LogP contribution is 2.67. The molecule has 9 atom stereocenters. The Kier molecular flexibility index (Phi) is 9.71. The molecule has 0 radical (unpaired) electrons. The normalized spacial score (nSPS) is 36.2. The number of aliphatic hydroxyl groups is 1. The Hall–Kier alpha value is -2.86. The van der Waals surface area contributed by atoms with Crippen LogP contribution in [0.5, 0.6) is 0 Å². The molecule has 238 valence electrons. The molecule has 0 aromatic heterocycles. The SMILES string of the molecule is C#C[C@@]1(O)CC[C@H]2[C@@H]3CCC4=C/C(=N\OCC(=O)N[C@@H](C(=O)N[C@H](C(=O)O)[C@H](C)CC)C(C)C)CC[C@]4(C)[C@H]3CC[C@@]21C. The highest BCUT2D eigenvalue weighted by Gasteiger charge is 2.63. The van der Waals surface area contributed by atoms with Crippen molar-refractivity contribution < 1.29 is 29.4 Å². The van der Waals surface area contributed by atoms with Crippen LogP contribution >= 0.6 is 0 Å². The number of fused-ring (bicyclic) bond motifs is 5. The number of nitrogens with zero attached hydrogens (tertiary/aromatic N) is 1. The van der Waals surface area contributed by atoms with E-state index in [0.717, 1.165) is 50.7 Å². The first-order chi connectivity index (χ1) is 20.2. The van der Waals surface area contributed by atoms with Gasteiger partial charge in [0.1, 0.15) is 17.7 Å². The number of carbonyl (C=O) groups excluding carboxylic acids is 2. The van der Waals surface area contributed by atoms with Crippen LogP contribution in [0.1, 0.15) is 99.3 Å². The summed E-state index contributed by atoms with van der Waals surface area (Å²) in [5.74, 6) is 1.70. The Morgan fingerprint density at radius 3 is 2.40 bits per heavy atom. The van der Waals surface area contributed by atoms with Crippen molar-refractivity contribution in [2.45, 2.75) is 117 Å². The maximum Gasteiger partial charge on any atom is 0.326 e. The number of carboxylic acids is 1. The Morgan fingerprint density at radius 2 is 1.77 bits per heavy atom. The molecule has 3 saturated carbocycles. The van der Waals surface area contributed by atoms with Crippen LogP contribution in [0.25, 0.3) is 0 Å². The van der Waals surface area contributed by atoms with Crippen molar-refractivity contribution in [3.8, 4) is 12.3 Å². The van der Waals surface area contributed by atoms with E-state index in [0.29, 0.717) is 30.6 Å². The van der Waals surface area contributed by atoms with Gasteiger partial charge in [-0.05, 0) is 92.4 Å². The van der Waals surface area contributed by atoms with E-state index >= 15 is 0 Å². The second kappa shape index (κ2) is 12.6. The van der Waals surface area contributed by atoms with Gasteiger partial charge in [-0.2, -0.15) is 0 Å². The van der Waals surface area contributed by atoms with Crippen molar-refractivity contribution in [2.24, 2.45) is 45.6 Å². The van der Waals surface area contributed by atoms with Crippen molar-refractivity contribution in [3.05, 3.63) is 11.6 Å². The van der Waals surface area contributed by atoms with Gasteiger partial charge in [0.05, 0.1) is 5.71 Å². The standard InChI is InChI=1S/C34H51N3O6/c1-8-21(5)29(31(40)41)36-30(39)28(20(3)4)35-27(38)19-43-37-23-12-15-32(6)22(18-23)10-11-24-25(32)13-16-33(7)26(24)14-17-34(33,42)9-2/h2,18,20-21,24-26,28-29,42H,8,10-17,19H2,1,3-7H3,(H,35,38)(H,36,39)(H,40,41)/b37-23-/t21-,24-,25+,26+,28-,29+,32+,33+,34-/m1/s1. The molecule has 0 unspecified atom stereocenters. The number of terminal acetylenes is 1. The lowest BCUT2D eigenvalue weighted by Crippen LogP contribution is -2.55. The number of hydrogen-bond acceptors (Lipinski definition) is 6. The lowest BCUT2D eigenvalue weighted by atomic mass is 9.46. The molecule has 4 aliphatic carbocycles. The van der Waals surface area contributed by atoms with Crippen LogP contribution in [0.3, 0.4) is 0 Å². The van der Waals surface area contributed by atoms with Crippen molar-refractivity contribution >= 4 is 23.5 Å². The summed E-state index contributed by atoms with van der Waals surface area (Å²) in [4.78, 5) is 42.7. The largest absolute Gasteiger partial charge is 0.480 e.